The van der Waals surface area contributed by atoms with Gasteiger partial charge in [-0.25, -0.2) is 9.79 Å². The van der Waals surface area contributed by atoms with E-state index in [2.05, 4.69) is 15.9 Å². The predicted octanol–water partition coefficient (Wildman–Crippen LogP) is 5.13. The number of hydrogen-bond donors (Lipinski definition) is 1. The van der Waals surface area contributed by atoms with E-state index in [1.165, 1.54) is 18.4 Å². The first-order chi connectivity index (χ1) is 19.4. The van der Waals surface area contributed by atoms with Crippen molar-refractivity contribution in [2.75, 3.05) is 20.0 Å². The Morgan fingerprint density at radius 3 is 2.55 bits per heavy atom. The summed E-state index contributed by atoms with van der Waals surface area (Å²) in [6, 6.07) is 19.9. The van der Waals surface area contributed by atoms with Gasteiger partial charge < -0.3 is 14.6 Å². The molecule has 0 spiro atoms. The Morgan fingerprint density at radius 1 is 1.18 bits per heavy atom. The van der Waals surface area contributed by atoms with E-state index >= 15 is 0 Å². The lowest BCUT2D eigenvalue weighted by molar-refractivity contribution is -0.138. The van der Waals surface area contributed by atoms with E-state index in [0.717, 1.165) is 16.0 Å². The van der Waals surface area contributed by atoms with E-state index in [4.69, 9.17) is 14.5 Å². The summed E-state index contributed by atoms with van der Waals surface area (Å²) in [5.41, 5.74) is 2.66. The second-order valence-electron chi connectivity index (χ2n) is 8.76. The number of thiazole rings is 1. The van der Waals surface area contributed by atoms with Crippen molar-refractivity contribution < 1.29 is 19.4 Å². The zero-order chi connectivity index (χ0) is 28.4. The smallest absolute Gasteiger partial charge is 0.338 e. The maximum absolute atomic E-state index is 14.0. The first-order valence-corrected chi connectivity index (χ1v) is 15.2. The minimum Gasteiger partial charge on any atom is -0.503 e. The van der Waals surface area contributed by atoms with Crippen LogP contribution in [0.15, 0.2) is 91.5 Å². The van der Waals surface area contributed by atoms with Gasteiger partial charge >= 0.3 is 5.97 Å². The van der Waals surface area contributed by atoms with Crippen LogP contribution in [0.1, 0.15) is 29.7 Å². The lowest BCUT2D eigenvalue weighted by Crippen LogP contribution is -2.40. The first kappa shape index (κ1) is 27.9. The number of halogens is 1. The number of carbonyl (C=O) groups is 1. The average molecular weight is 638 g/mol. The molecule has 0 bridgehead atoms. The molecule has 2 heterocycles. The van der Waals surface area contributed by atoms with Crippen molar-refractivity contribution in [2.45, 2.75) is 17.9 Å². The van der Waals surface area contributed by atoms with E-state index < -0.39 is 12.0 Å². The standard InChI is InChI=1S/C30H25BrN2O5S2/c1-4-38-29(36)24-25(18-8-6-5-7-9-18)32-30-33(26(24)19-10-12-20(39-3)13-11-19)28(35)23(40-30)16-17-14-21(31)27(34)22(15-17)37-2/h5-16,26,34H,4H2,1-3H3/b23-16-/t26-/m1/s1. The number of phenols is 1. The number of aromatic hydroxyl groups is 1. The van der Waals surface area contributed by atoms with Crippen LogP contribution in [-0.4, -0.2) is 35.6 Å². The molecule has 0 radical (unpaired) electrons. The SMILES string of the molecule is CCOC(=O)C1=C(c2ccccc2)N=c2s/c(=C\c3cc(Br)c(O)c(OC)c3)c(=O)n2[C@@H]1c1ccc(SC)cc1. The third-order valence-electron chi connectivity index (χ3n) is 6.37. The maximum Gasteiger partial charge on any atom is 0.338 e. The predicted molar refractivity (Wildman–Crippen MR) is 162 cm³/mol. The Kier molecular flexibility index (Phi) is 8.30. The first-order valence-electron chi connectivity index (χ1n) is 12.3. The summed E-state index contributed by atoms with van der Waals surface area (Å²) in [6.07, 6.45) is 3.72. The molecule has 10 heteroatoms. The third kappa shape index (κ3) is 5.26. The zero-order valence-corrected chi connectivity index (χ0v) is 25.1. The number of thioether (sulfide) groups is 1. The largest absolute Gasteiger partial charge is 0.503 e. The summed E-state index contributed by atoms with van der Waals surface area (Å²) in [7, 11) is 1.46. The topological polar surface area (TPSA) is 90.1 Å². The van der Waals surface area contributed by atoms with Crippen LogP contribution in [0.3, 0.4) is 0 Å². The van der Waals surface area contributed by atoms with Crippen molar-refractivity contribution >= 4 is 56.8 Å². The summed E-state index contributed by atoms with van der Waals surface area (Å²) in [4.78, 5) is 33.9. The quantitative estimate of drug-likeness (QED) is 0.223. The number of fused-ring (bicyclic) bond motifs is 1. The van der Waals surface area contributed by atoms with Gasteiger partial charge in [-0.15, -0.1) is 11.8 Å². The van der Waals surface area contributed by atoms with Gasteiger partial charge in [0.25, 0.3) is 5.56 Å². The monoisotopic (exact) mass is 636 g/mol. The van der Waals surface area contributed by atoms with Crippen molar-refractivity contribution in [1.29, 1.82) is 0 Å². The molecule has 1 aliphatic heterocycles. The molecule has 0 fully saturated rings. The molecule has 7 nitrogen and oxygen atoms in total. The molecular weight excluding hydrogens is 612 g/mol. The van der Waals surface area contributed by atoms with E-state index in [1.807, 2.05) is 60.9 Å². The van der Waals surface area contributed by atoms with Crippen LogP contribution in [0.2, 0.25) is 0 Å². The van der Waals surface area contributed by atoms with Crippen LogP contribution in [0.25, 0.3) is 11.8 Å². The molecule has 40 heavy (non-hydrogen) atoms. The zero-order valence-electron chi connectivity index (χ0n) is 21.9. The highest BCUT2D eigenvalue weighted by Gasteiger charge is 2.35. The fraction of sp³-hybridized carbons (Fsp3) is 0.167. The number of nitrogens with zero attached hydrogens (tertiary/aromatic N) is 2. The molecule has 5 rings (SSSR count). The van der Waals surface area contributed by atoms with E-state index in [9.17, 15) is 14.7 Å². The molecule has 1 atom stereocenters. The molecule has 1 N–H and O–H groups in total. The Morgan fingerprint density at radius 2 is 1.90 bits per heavy atom. The fourth-order valence-corrected chi connectivity index (χ4v) is 6.40. The van der Waals surface area contributed by atoms with Crippen LogP contribution in [0.4, 0.5) is 0 Å². The van der Waals surface area contributed by atoms with Gasteiger partial charge in [-0.2, -0.15) is 0 Å². The van der Waals surface area contributed by atoms with Gasteiger partial charge in [0.2, 0.25) is 0 Å². The number of methoxy groups -OCH3 is 1. The highest BCUT2D eigenvalue weighted by atomic mass is 79.9. The Balaban J connectivity index is 1.81. The number of carbonyl (C=O) groups excluding carboxylic acids is 1. The third-order valence-corrected chi connectivity index (χ3v) is 8.70. The van der Waals surface area contributed by atoms with Gasteiger partial charge in [0.05, 0.1) is 40.0 Å². The number of esters is 1. The van der Waals surface area contributed by atoms with Gasteiger partial charge in [0.1, 0.15) is 0 Å². The van der Waals surface area contributed by atoms with Crippen LogP contribution < -0.4 is 19.6 Å². The van der Waals surface area contributed by atoms with E-state index in [0.29, 0.717) is 30.6 Å². The Bertz CT molecular complexity index is 1790. The van der Waals surface area contributed by atoms with Gasteiger partial charge in [0, 0.05) is 10.5 Å². The van der Waals surface area contributed by atoms with Crippen LogP contribution in [-0.2, 0) is 9.53 Å². The van der Waals surface area contributed by atoms with Crippen molar-refractivity contribution in [3.05, 3.63) is 113 Å². The summed E-state index contributed by atoms with van der Waals surface area (Å²) in [6.45, 7) is 1.94. The fourth-order valence-electron chi connectivity index (χ4n) is 4.53. The van der Waals surface area contributed by atoms with E-state index in [-0.39, 0.29) is 23.7 Å². The highest BCUT2D eigenvalue weighted by molar-refractivity contribution is 9.10. The lowest BCUT2D eigenvalue weighted by Gasteiger charge is -2.26. The molecule has 1 aliphatic rings. The Hall–Kier alpha value is -3.60. The summed E-state index contributed by atoms with van der Waals surface area (Å²) in [5.74, 6) is -0.275. The van der Waals surface area contributed by atoms with Crippen LogP contribution in [0, 0.1) is 0 Å². The highest BCUT2D eigenvalue weighted by Crippen LogP contribution is 2.37. The minimum absolute atomic E-state index is 0.0265. The molecule has 1 aromatic heterocycles. The van der Waals surface area contributed by atoms with Gasteiger partial charge in [0.15, 0.2) is 16.3 Å². The molecule has 204 valence electrons. The summed E-state index contributed by atoms with van der Waals surface area (Å²) < 4.78 is 13.2. The number of phenolic OH excluding ortho intramolecular Hbond substituents is 1. The summed E-state index contributed by atoms with van der Waals surface area (Å²) >= 11 is 6.18. The van der Waals surface area contributed by atoms with Crippen LogP contribution in [0.5, 0.6) is 11.5 Å². The molecule has 0 aliphatic carbocycles. The number of ether oxygens (including phenoxy) is 2. The van der Waals surface area contributed by atoms with E-state index in [1.54, 1.807) is 41.5 Å². The molecule has 0 amide bonds. The minimum atomic E-state index is -0.746. The molecule has 4 aromatic rings. The van der Waals surface area contributed by atoms with Gasteiger partial charge in [-0.05, 0) is 70.6 Å². The second kappa shape index (κ2) is 11.9. The molecule has 0 saturated carbocycles. The number of hydrogen-bond acceptors (Lipinski definition) is 8. The van der Waals surface area contributed by atoms with Gasteiger partial charge in [-0.3, -0.25) is 9.36 Å². The van der Waals surface area contributed by atoms with Crippen molar-refractivity contribution in [1.82, 2.24) is 4.57 Å². The molecule has 0 unspecified atom stereocenters. The molecular formula is C30H25BrN2O5S2. The molecule has 0 saturated heterocycles. The van der Waals surface area contributed by atoms with Crippen molar-refractivity contribution in [3.8, 4) is 11.5 Å². The van der Waals surface area contributed by atoms with Gasteiger partial charge in [-0.1, -0.05) is 53.8 Å². The molecule has 3 aromatic carbocycles. The number of benzene rings is 3. The lowest BCUT2D eigenvalue weighted by atomic mass is 9.93. The number of rotatable bonds is 7. The number of aromatic nitrogens is 1. The second-order valence-corrected chi connectivity index (χ2v) is 11.5. The van der Waals surface area contributed by atoms with Crippen molar-refractivity contribution in [3.63, 3.8) is 0 Å². The van der Waals surface area contributed by atoms with Crippen molar-refractivity contribution in [2.24, 2.45) is 4.99 Å². The normalized spacial score (nSPS) is 15.0. The van der Waals surface area contributed by atoms with Crippen LogP contribution >= 0.6 is 39.0 Å². The maximum atomic E-state index is 14.0. The average Bonchev–Trinajstić information content (AvgIpc) is 3.28. The Labute approximate surface area is 247 Å². The summed E-state index contributed by atoms with van der Waals surface area (Å²) in [5, 5.41) is 10.2.